The molecule has 7 heteroatoms. The Hall–Kier alpha value is -1.89. The Kier molecular flexibility index (Phi) is 6.53. The molecule has 0 unspecified atom stereocenters. The van der Waals surface area contributed by atoms with Gasteiger partial charge in [-0.05, 0) is 54.8 Å². The van der Waals surface area contributed by atoms with Gasteiger partial charge in [0.15, 0.2) is 4.80 Å². The second-order valence-electron chi connectivity index (χ2n) is 6.99. The van der Waals surface area contributed by atoms with Crippen molar-refractivity contribution in [3.05, 3.63) is 68.2 Å². The van der Waals surface area contributed by atoms with Gasteiger partial charge >= 0.3 is 0 Å². The van der Waals surface area contributed by atoms with Crippen LogP contribution < -0.4 is 4.80 Å². The number of likely N-dealkylation sites (tertiary alicyclic amines) is 1. The molecule has 1 amide bonds. The summed E-state index contributed by atoms with van der Waals surface area (Å²) in [5.41, 5.74) is 3.17. The molecule has 0 spiro atoms. The van der Waals surface area contributed by atoms with Crippen LogP contribution in [0.25, 0.3) is 11.3 Å². The van der Waals surface area contributed by atoms with Crippen LogP contribution in [-0.4, -0.2) is 28.5 Å². The van der Waals surface area contributed by atoms with Gasteiger partial charge in [-0.25, -0.2) is 4.99 Å². The van der Waals surface area contributed by atoms with Crippen LogP contribution in [0.15, 0.2) is 63.4 Å². The van der Waals surface area contributed by atoms with Gasteiger partial charge in [0.25, 0.3) is 0 Å². The van der Waals surface area contributed by atoms with Crippen molar-refractivity contribution in [3.8, 4) is 11.3 Å². The Morgan fingerprint density at radius 3 is 2.52 bits per heavy atom. The lowest BCUT2D eigenvalue weighted by Crippen LogP contribution is -2.27. The minimum atomic E-state index is 0.277. The molecule has 2 aromatic carbocycles. The topological polar surface area (TPSA) is 37.6 Å². The number of halogens is 2. The van der Waals surface area contributed by atoms with Crippen LogP contribution >= 0.6 is 38.9 Å². The molecular weight excluding hydrogens is 470 g/mol. The van der Waals surface area contributed by atoms with Gasteiger partial charge in [0, 0.05) is 40.9 Å². The molecule has 150 valence electrons. The number of thiazole rings is 1. The lowest BCUT2D eigenvalue weighted by molar-refractivity contribution is -0.127. The third-order valence-corrected chi connectivity index (χ3v) is 6.61. The van der Waals surface area contributed by atoms with Gasteiger partial charge in [0.1, 0.15) is 0 Å². The number of aromatic nitrogens is 1. The van der Waals surface area contributed by atoms with E-state index in [1.165, 1.54) is 0 Å². The summed E-state index contributed by atoms with van der Waals surface area (Å²) in [5.74, 6) is 0.277. The zero-order valence-electron chi connectivity index (χ0n) is 15.9. The second-order valence-corrected chi connectivity index (χ2v) is 9.18. The van der Waals surface area contributed by atoms with Crippen LogP contribution in [0.5, 0.6) is 0 Å². The summed E-state index contributed by atoms with van der Waals surface area (Å²) in [5, 5.41) is 2.85. The molecule has 0 saturated carbocycles. The highest BCUT2D eigenvalue weighted by molar-refractivity contribution is 9.10. The van der Waals surface area contributed by atoms with Gasteiger partial charge in [-0.2, -0.15) is 0 Å². The summed E-state index contributed by atoms with van der Waals surface area (Å²) in [4.78, 5) is 19.7. The standard InChI is InChI=1S/C22H21BrClN3OS/c23-17-6-4-16(5-7-17)20-15-29-22(25-19-10-8-18(24)9-11-19)27(20)14-2-13-26-12-1-3-21(26)28/h4-11,15H,1-3,12-14H2. The number of hydrogen-bond donors (Lipinski definition) is 0. The number of nitrogens with zero attached hydrogens (tertiary/aromatic N) is 3. The normalized spacial score (nSPS) is 14.8. The van der Waals surface area contributed by atoms with E-state index in [4.69, 9.17) is 16.6 Å². The van der Waals surface area contributed by atoms with Gasteiger partial charge in [0.2, 0.25) is 5.91 Å². The molecule has 3 aromatic rings. The molecular formula is C22H21BrClN3OS. The van der Waals surface area contributed by atoms with Crippen molar-refractivity contribution in [2.24, 2.45) is 4.99 Å². The highest BCUT2D eigenvalue weighted by Crippen LogP contribution is 2.24. The molecule has 0 N–H and O–H groups in total. The number of rotatable bonds is 6. The third kappa shape index (κ3) is 5.00. The molecule has 4 nitrogen and oxygen atoms in total. The van der Waals surface area contributed by atoms with E-state index in [0.717, 1.165) is 58.7 Å². The molecule has 0 atom stereocenters. The van der Waals surface area contributed by atoms with Crippen molar-refractivity contribution >= 4 is 50.5 Å². The van der Waals surface area contributed by atoms with Crippen molar-refractivity contribution in [3.63, 3.8) is 0 Å². The summed E-state index contributed by atoms with van der Waals surface area (Å²) >= 11 is 11.1. The maximum Gasteiger partial charge on any atom is 0.222 e. The zero-order chi connectivity index (χ0) is 20.2. The number of carbonyl (C=O) groups excluding carboxylic acids is 1. The van der Waals surface area contributed by atoms with E-state index < -0.39 is 0 Å². The van der Waals surface area contributed by atoms with E-state index in [0.29, 0.717) is 11.4 Å². The first-order valence-corrected chi connectivity index (χ1v) is 11.7. The monoisotopic (exact) mass is 489 g/mol. The molecule has 2 heterocycles. The molecule has 1 aliphatic rings. The molecule has 0 aliphatic carbocycles. The average molecular weight is 491 g/mol. The number of amides is 1. The van der Waals surface area contributed by atoms with E-state index in [9.17, 15) is 4.79 Å². The molecule has 0 radical (unpaired) electrons. The van der Waals surface area contributed by atoms with Crippen molar-refractivity contribution in [2.75, 3.05) is 13.1 Å². The minimum Gasteiger partial charge on any atom is -0.343 e. The Morgan fingerprint density at radius 1 is 1.07 bits per heavy atom. The van der Waals surface area contributed by atoms with E-state index in [1.54, 1.807) is 11.3 Å². The molecule has 1 fully saturated rings. The summed E-state index contributed by atoms with van der Waals surface area (Å²) in [6, 6.07) is 15.9. The number of benzene rings is 2. The van der Waals surface area contributed by atoms with Gasteiger partial charge in [-0.3, -0.25) is 4.79 Å². The first-order valence-electron chi connectivity index (χ1n) is 9.62. The van der Waals surface area contributed by atoms with Gasteiger partial charge in [0.05, 0.1) is 11.4 Å². The summed E-state index contributed by atoms with van der Waals surface area (Å²) in [7, 11) is 0. The van der Waals surface area contributed by atoms with Crippen LogP contribution in [0.4, 0.5) is 5.69 Å². The van der Waals surface area contributed by atoms with Gasteiger partial charge in [-0.1, -0.05) is 39.7 Å². The van der Waals surface area contributed by atoms with Crippen molar-refractivity contribution in [2.45, 2.75) is 25.8 Å². The molecule has 1 aromatic heterocycles. The summed E-state index contributed by atoms with van der Waals surface area (Å²) in [6.07, 6.45) is 2.57. The van der Waals surface area contributed by atoms with Crippen LogP contribution in [-0.2, 0) is 11.3 Å². The first kappa shape index (κ1) is 20.4. The van der Waals surface area contributed by atoms with E-state index in [-0.39, 0.29) is 5.91 Å². The predicted molar refractivity (Wildman–Crippen MR) is 123 cm³/mol. The fraction of sp³-hybridized carbons (Fsp3) is 0.273. The number of hydrogen-bond acceptors (Lipinski definition) is 3. The van der Waals surface area contributed by atoms with E-state index in [1.807, 2.05) is 29.2 Å². The third-order valence-electron chi connectivity index (χ3n) is 4.97. The number of carbonyl (C=O) groups is 1. The van der Waals surface area contributed by atoms with Crippen LogP contribution in [0.3, 0.4) is 0 Å². The summed E-state index contributed by atoms with van der Waals surface area (Å²) < 4.78 is 3.31. The Morgan fingerprint density at radius 2 is 1.83 bits per heavy atom. The minimum absolute atomic E-state index is 0.277. The first-order chi connectivity index (χ1) is 14.1. The Bertz CT molecular complexity index is 1060. The fourth-order valence-corrected chi connectivity index (χ4v) is 4.82. The largest absolute Gasteiger partial charge is 0.343 e. The van der Waals surface area contributed by atoms with Crippen LogP contribution in [0, 0.1) is 0 Å². The predicted octanol–water partition coefficient (Wildman–Crippen LogP) is 5.88. The van der Waals surface area contributed by atoms with Crippen molar-refractivity contribution < 1.29 is 4.79 Å². The van der Waals surface area contributed by atoms with Crippen molar-refractivity contribution in [1.82, 2.24) is 9.47 Å². The quantitative estimate of drug-likeness (QED) is 0.425. The van der Waals surface area contributed by atoms with Gasteiger partial charge < -0.3 is 9.47 Å². The average Bonchev–Trinajstić information content (AvgIpc) is 3.31. The lowest BCUT2D eigenvalue weighted by Gasteiger charge is -2.16. The SMILES string of the molecule is O=C1CCCN1CCCn1c(-c2ccc(Br)cc2)csc1=Nc1ccc(Cl)cc1. The second kappa shape index (κ2) is 9.28. The summed E-state index contributed by atoms with van der Waals surface area (Å²) in [6.45, 7) is 2.49. The van der Waals surface area contributed by atoms with E-state index in [2.05, 4.69) is 50.1 Å². The molecule has 1 saturated heterocycles. The maximum absolute atomic E-state index is 11.9. The highest BCUT2D eigenvalue weighted by atomic mass is 79.9. The molecule has 4 rings (SSSR count). The smallest absolute Gasteiger partial charge is 0.222 e. The molecule has 1 aliphatic heterocycles. The maximum atomic E-state index is 11.9. The van der Waals surface area contributed by atoms with Crippen LogP contribution in [0.1, 0.15) is 19.3 Å². The zero-order valence-corrected chi connectivity index (χ0v) is 19.0. The van der Waals surface area contributed by atoms with E-state index >= 15 is 0 Å². The highest BCUT2D eigenvalue weighted by Gasteiger charge is 2.19. The molecule has 29 heavy (non-hydrogen) atoms. The van der Waals surface area contributed by atoms with Crippen molar-refractivity contribution in [1.29, 1.82) is 0 Å². The lowest BCUT2D eigenvalue weighted by atomic mass is 10.2. The Labute approximate surface area is 187 Å². The van der Waals surface area contributed by atoms with Gasteiger partial charge in [-0.15, -0.1) is 11.3 Å². The fourth-order valence-electron chi connectivity index (χ4n) is 3.47. The Balaban J connectivity index is 1.64. The van der Waals surface area contributed by atoms with Crippen LogP contribution in [0.2, 0.25) is 5.02 Å². The molecule has 0 bridgehead atoms.